The molecule has 0 aliphatic rings. The minimum atomic E-state index is 0.748. The van der Waals surface area contributed by atoms with Gasteiger partial charge in [0.2, 0.25) is 5.65 Å². The SMILES string of the molecule is CCCc1nc2c(C)c(C)n3nnnc3c2[nH]1. The number of hydrogen-bond acceptors (Lipinski definition) is 4. The van der Waals surface area contributed by atoms with E-state index < -0.39 is 0 Å². The minimum absolute atomic E-state index is 0.748. The van der Waals surface area contributed by atoms with Crippen molar-refractivity contribution in [2.45, 2.75) is 33.6 Å². The minimum Gasteiger partial charge on any atom is -0.339 e. The van der Waals surface area contributed by atoms with Gasteiger partial charge in [0.1, 0.15) is 11.3 Å². The molecule has 1 N–H and O–H groups in total. The predicted molar refractivity (Wildman–Crippen MR) is 63.9 cm³/mol. The molecule has 3 heterocycles. The molecule has 6 nitrogen and oxygen atoms in total. The molecule has 0 spiro atoms. The monoisotopic (exact) mass is 230 g/mol. The van der Waals surface area contributed by atoms with Gasteiger partial charge in [-0.3, -0.25) is 0 Å². The van der Waals surface area contributed by atoms with E-state index in [0.717, 1.165) is 46.6 Å². The molecule has 0 aromatic carbocycles. The molecular formula is C11H14N6. The highest BCUT2D eigenvalue weighted by molar-refractivity contribution is 5.90. The summed E-state index contributed by atoms with van der Waals surface area (Å²) in [4.78, 5) is 7.95. The van der Waals surface area contributed by atoms with E-state index in [-0.39, 0.29) is 0 Å². The van der Waals surface area contributed by atoms with E-state index in [9.17, 15) is 0 Å². The summed E-state index contributed by atoms with van der Waals surface area (Å²) in [5.41, 5.74) is 4.82. The average Bonchev–Trinajstić information content (AvgIpc) is 2.91. The van der Waals surface area contributed by atoms with Crippen molar-refractivity contribution in [3.8, 4) is 0 Å². The van der Waals surface area contributed by atoms with E-state index in [1.54, 1.807) is 4.52 Å². The largest absolute Gasteiger partial charge is 0.339 e. The van der Waals surface area contributed by atoms with E-state index >= 15 is 0 Å². The third kappa shape index (κ3) is 1.33. The molecule has 0 bridgehead atoms. The molecule has 3 aromatic heterocycles. The standard InChI is InChI=1S/C11H14N6/c1-4-5-8-12-9-6(2)7(3)17-11(10(9)13-8)14-15-16-17/h4-5H2,1-3H3,(H,12,13). The zero-order chi connectivity index (χ0) is 12.0. The van der Waals surface area contributed by atoms with Crippen LogP contribution in [0, 0.1) is 13.8 Å². The lowest BCUT2D eigenvalue weighted by Gasteiger charge is -2.02. The van der Waals surface area contributed by atoms with Gasteiger partial charge in [-0.15, -0.1) is 5.10 Å². The molecule has 6 heteroatoms. The molecule has 0 amide bonds. The number of pyridine rings is 1. The highest BCUT2D eigenvalue weighted by Gasteiger charge is 2.14. The van der Waals surface area contributed by atoms with Crippen LogP contribution in [-0.2, 0) is 6.42 Å². The van der Waals surface area contributed by atoms with Gasteiger partial charge in [0.15, 0.2) is 0 Å². The van der Waals surface area contributed by atoms with Crippen LogP contribution in [0.2, 0.25) is 0 Å². The lowest BCUT2D eigenvalue weighted by Crippen LogP contribution is -1.98. The number of fused-ring (bicyclic) bond motifs is 3. The first-order chi connectivity index (χ1) is 8.22. The first-order valence-electron chi connectivity index (χ1n) is 5.78. The van der Waals surface area contributed by atoms with E-state index in [1.807, 2.05) is 6.92 Å². The maximum absolute atomic E-state index is 4.63. The van der Waals surface area contributed by atoms with Gasteiger partial charge < -0.3 is 4.98 Å². The Hall–Kier alpha value is -1.98. The lowest BCUT2D eigenvalue weighted by atomic mass is 10.2. The fourth-order valence-electron chi connectivity index (χ4n) is 2.11. The number of aromatic nitrogens is 6. The Balaban J connectivity index is 2.43. The van der Waals surface area contributed by atoms with Gasteiger partial charge in [-0.05, 0) is 36.3 Å². The molecule has 0 aliphatic heterocycles. The molecular weight excluding hydrogens is 216 g/mol. The second kappa shape index (κ2) is 3.51. The summed E-state index contributed by atoms with van der Waals surface area (Å²) in [6.45, 7) is 6.20. The van der Waals surface area contributed by atoms with Crippen molar-refractivity contribution < 1.29 is 0 Å². The Kier molecular flexibility index (Phi) is 2.10. The van der Waals surface area contributed by atoms with E-state index in [4.69, 9.17) is 0 Å². The normalized spacial score (nSPS) is 11.7. The van der Waals surface area contributed by atoms with Crippen LogP contribution in [0.25, 0.3) is 16.7 Å². The Morgan fingerprint density at radius 2 is 2.12 bits per heavy atom. The Labute approximate surface area is 98.0 Å². The molecule has 17 heavy (non-hydrogen) atoms. The van der Waals surface area contributed by atoms with Crippen molar-refractivity contribution in [2.24, 2.45) is 0 Å². The number of H-pyrrole nitrogens is 1. The molecule has 0 saturated carbocycles. The first kappa shape index (κ1) is 10.2. The van der Waals surface area contributed by atoms with Crippen molar-refractivity contribution in [1.29, 1.82) is 0 Å². The Morgan fingerprint density at radius 3 is 2.88 bits per heavy atom. The van der Waals surface area contributed by atoms with E-state index in [0.29, 0.717) is 0 Å². The fraction of sp³-hybridized carbons (Fsp3) is 0.455. The third-order valence-electron chi connectivity index (χ3n) is 3.15. The quantitative estimate of drug-likeness (QED) is 0.725. The number of imidazole rings is 1. The van der Waals surface area contributed by atoms with Crippen LogP contribution in [0.1, 0.15) is 30.4 Å². The topological polar surface area (TPSA) is 71.8 Å². The lowest BCUT2D eigenvalue weighted by molar-refractivity contribution is 0.800. The number of rotatable bonds is 2. The maximum Gasteiger partial charge on any atom is 0.205 e. The molecule has 3 aromatic rings. The van der Waals surface area contributed by atoms with Crippen molar-refractivity contribution in [2.75, 3.05) is 0 Å². The second-order valence-corrected chi connectivity index (χ2v) is 4.28. The number of hydrogen-bond donors (Lipinski definition) is 1. The molecule has 0 radical (unpaired) electrons. The summed E-state index contributed by atoms with van der Waals surface area (Å²) >= 11 is 0. The highest BCUT2D eigenvalue weighted by atomic mass is 15.5. The summed E-state index contributed by atoms with van der Waals surface area (Å²) in [5.74, 6) is 1.00. The van der Waals surface area contributed by atoms with Gasteiger partial charge in [-0.1, -0.05) is 6.92 Å². The second-order valence-electron chi connectivity index (χ2n) is 4.28. The van der Waals surface area contributed by atoms with Crippen LogP contribution in [0.5, 0.6) is 0 Å². The zero-order valence-corrected chi connectivity index (χ0v) is 10.2. The van der Waals surface area contributed by atoms with Crippen molar-refractivity contribution in [3.05, 3.63) is 17.1 Å². The van der Waals surface area contributed by atoms with Crippen LogP contribution >= 0.6 is 0 Å². The Morgan fingerprint density at radius 1 is 1.29 bits per heavy atom. The smallest absolute Gasteiger partial charge is 0.205 e. The molecule has 88 valence electrons. The number of nitrogens with zero attached hydrogens (tertiary/aromatic N) is 5. The summed E-state index contributed by atoms with van der Waals surface area (Å²) in [6, 6.07) is 0. The van der Waals surface area contributed by atoms with Crippen LogP contribution < -0.4 is 0 Å². The molecule has 0 atom stereocenters. The van der Waals surface area contributed by atoms with Crippen LogP contribution in [0.4, 0.5) is 0 Å². The molecule has 3 rings (SSSR count). The molecule has 0 fully saturated rings. The molecule has 0 aliphatic carbocycles. The summed E-state index contributed by atoms with van der Waals surface area (Å²) < 4.78 is 1.76. The van der Waals surface area contributed by atoms with Gasteiger partial charge in [0.05, 0.1) is 5.52 Å². The maximum atomic E-state index is 4.63. The molecule has 0 unspecified atom stereocenters. The first-order valence-corrected chi connectivity index (χ1v) is 5.78. The van der Waals surface area contributed by atoms with Crippen molar-refractivity contribution >= 4 is 16.7 Å². The van der Waals surface area contributed by atoms with Crippen LogP contribution in [-0.4, -0.2) is 30.0 Å². The van der Waals surface area contributed by atoms with Gasteiger partial charge in [0, 0.05) is 12.1 Å². The number of aromatic amines is 1. The zero-order valence-electron chi connectivity index (χ0n) is 10.2. The summed E-state index contributed by atoms with van der Waals surface area (Å²) in [6.07, 6.45) is 2.01. The van der Waals surface area contributed by atoms with Gasteiger partial charge >= 0.3 is 0 Å². The summed E-state index contributed by atoms with van der Waals surface area (Å²) in [5, 5.41) is 11.8. The average molecular weight is 230 g/mol. The van der Waals surface area contributed by atoms with Gasteiger partial charge in [-0.25, -0.2) is 4.98 Å². The number of aryl methyl sites for hydroxylation is 3. The number of nitrogens with one attached hydrogen (secondary N) is 1. The highest BCUT2D eigenvalue weighted by Crippen LogP contribution is 2.22. The third-order valence-corrected chi connectivity index (χ3v) is 3.15. The van der Waals surface area contributed by atoms with Gasteiger partial charge in [-0.2, -0.15) is 4.52 Å². The van der Waals surface area contributed by atoms with Crippen LogP contribution in [0.3, 0.4) is 0 Å². The van der Waals surface area contributed by atoms with Gasteiger partial charge in [0.25, 0.3) is 0 Å². The predicted octanol–water partition coefficient (Wildman–Crippen LogP) is 1.57. The number of tetrazole rings is 1. The Bertz CT molecular complexity index is 693. The van der Waals surface area contributed by atoms with Crippen LogP contribution in [0.15, 0.2) is 0 Å². The van der Waals surface area contributed by atoms with Crippen molar-refractivity contribution in [1.82, 2.24) is 30.0 Å². The molecule has 0 saturated heterocycles. The van der Waals surface area contributed by atoms with Crippen molar-refractivity contribution in [3.63, 3.8) is 0 Å². The summed E-state index contributed by atoms with van der Waals surface area (Å²) in [7, 11) is 0. The van der Waals surface area contributed by atoms with E-state index in [1.165, 1.54) is 0 Å². The fourth-order valence-corrected chi connectivity index (χ4v) is 2.11. The van der Waals surface area contributed by atoms with E-state index in [2.05, 4.69) is 39.3 Å².